The minimum atomic E-state index is -0.764. The Morgan fingerprint density at radius 2 is 2.00 bits per heavy atom. The van der Waals surface area contributed by atoms with E-state index in [1.165, 1.54) is 16.7 Å². The molecule has 0 unspecified atom stereocenters. The van der Waals surface area contributed by atoms with Crippen LogP contribution in [0.1, 0.15) is 38.3 Å². The Bertz CT molecular complexity index is 1050. The fourth-order valence-corrected chi connectivity index (χ4v) is 3.28. The molecular weight excluding hydrogens is 400 g/mol. The Morgan fingerprint density at radius 1 is 1.23 bits per heavy atom. The standard InChI is InChI=1S/C21H24N6O4/c1-4-14-5-7-15(8-6-14)18-25-19(31-26-18)12(2)23-20-22-10-9-17(24-20)27-16(13(3)28)11-30-21(27)29/h5-10,12-13,16,28H,4,11H2,1-3H3,(H,22,23,24)/t12-,13-,16-/m1/s1. The molecule has 4 rings (SSSR count). The number of anilines is 2. The van der Waals surface area contributed by atoms with E-state index < -0.39 is 18.2 Å². The van der Waals surface area contributed by atoms with Crippen LogP contribution in [0.2, 0.25) is 0 Å². The number of hydrogen-bond acceptors (Lipinski definition) is 9. The van der Waals surface area contributed by atoms with Gasteiger partial charge in [-0.25, -0.2) is 9.78 Å². The van der Waals surface area contributed by atoms with Gasteiger partial charge in [0.1, 0.15) is 24.5 Å². The third kappa shape index (κ3) is 4.33. The molecule has 0 saturated carbocycles. The van der Waals surface area contributed by atoms with Gasteiger partial charge in [-0.2, -0.15) is 9.97 Å². The SMILES string of the molecule is CCc1ccc(-c2noc([C@@H](C)Nc3nccc(N4C(=O)OC[C@@H]4[C@@H](C)O)n3)n2)cc1. The molecule has 3 aromatic rings. The zero-order valence-electron chi connectivity index (χ0n) is 17.5. The first-order valence-electron chi connectivity index (χ1n) is 10.1. The molecular formula is C21H24N6O4. The number of ether oxygens (including phenoxy) is 1. The van der Waals surface area contributed by atoms with Crippen LogP contribution >= 0.6 is 0 Å². The molecule has 2 aromatic heterocycles. The number of amides is 1. The number of rotatable bonds is 7. The van der Waals surface area contributed by atoms with E-state index in [4.69, 9.17) is 9.26 Å². The molecule has 162 valence electrons. The summed E-state index contributed by atoms with van der Waals surface area (Å²) in [7, 11) is 0. The average Bonchev–Trinajstić information content (AvgIpc) is 3.41. The van der Waals surface area contributed by atoms with E-state index >= 15 is 0 Å². The summed E-state index contributed by atoms with van der Waals surface area (Å²) in [5, 5.41) is 17.1. The maximum Gasteiger partial charge on any atom is 0.416 e. The molecule has 10 nitrogen and oxygen atoms in total. The number of nitrogens with one attached hydrogen (secondary N) is 1. The van der Waals surface area contributed by atoms with Crippen molar-refractivity contribution < 1.29 is 19.2 Å². The third-order valence-electron chi connectivity index (χ3n) is 5.13. The van der Waals surface area contributed by atoms with Gasteiger partial charge >= 0.3 is 6.09 Å². The maximum absolute atomic E-state index is 12.1. The first-order valence-corrected chi connectivity index (χ1v) is 10.1. The van der Waals surface area contributed by atoms with Crippen molar-refractivity contribution in [1.82, 2.24) is 20.1 Å². The van der Waals surface area contributed by atoms with E-state index in [-0.39, 0.29) is 18.6 Å². The zero-order valence-corrected chi connectivity index (χ0v) is 17.5. The van der Waals surface area contributed by atoms with Crippen molar-refractivity contribution in [2.75, 3.05) is 16.8 Å². The lowest BCUT2D eigenvalue weighted by Crippen LogP contribution is -2.41. The highest BCUT2D eigenvalue weighted by Crippen LogP contribution is 2.25. The van der Waals surface area contributed by atoms with Gasteiger partial charge in [0.05, 0.1) is 6.10 Å². The summed E-state index contributed by atoms with van der Waals surface area (Å²) in [6.07, 6.45) is 1.17. The molecule has 1 saturated heterocycles. The minimum absolute atomic E-state index is 0.101. The topological polar surface area (TPSA) is 127 Å². The monoisotopic (exact) mass is 424 g/mol. The van der Waals surface area contributed by atoms with E-state index in [2.05, 4.69) is 32.3 Å². The smallest absolute Gasteiger partial charge is 0.416 e. The quantitative estimate of drug-likeness (QED) is 0.588. The van der Waals surface area contributed by atoms with Gasteiger partial charge in [-0.15, -0.1) is 0 Å². The van der Waals surface area contributed by atoms with E-state index in [1.807, 2.05) is 31.2 Å². The molecule has 31 heavy (non-hydrogen) atoms. The van der Waals surface area contributed by atoms with Gasteiger partial charge in [0, 0.05) is 11.8 Å². The molecule has 0 aliphatic carbocycles. The lowest BCUT2D eigenvalue weighted by molar-refractivity contribution is 0.142. The molecule has 1 aliphatic rings. The summed E-state index contributed by atoms with van der Waals surface area (Å²) in [4.78, 5) is 26.5. The fraction of sp³-hybridized carbons (Fsp3) is 0.381. The molecule has 1 aliphatic heterocycles. The molecule has 3 atom stereocenters. The number of aliphatic hydroxyl groups excluding tert-OH is 1. The van der Waals surface area contributed by atoms with Crippen LogP contribution in [-0.2, 0) is 11.2 Å². The predicted molar refractivity (Wildman–Crippen MR) is 112 cm³/mol. The predicted octanol–water partition coefficient (Wildman–Crippen LogP) is 2.97. The largest absolute Gasteiger partial charge is 0.447 e. The Balaban J connectivity index is 1.49. The van der Waals surface area contributed by atoms with Crippen LogP contribution in [0.3, 0.4) is 0 Å². The van der Waals surface area contributed by atoms with Crippen molar-refractivity contribution in [3.05, 3.63) is 48.0 Å². The van der Waals surface area contributed by atoms with Crippen LogP contribution in [0.25, 0.3) is 11.4 Å². The van der Waals surface area contributed by atoms with Gasteiger partial charge in [-0.3, -0.25) is 4.90 Å². The van der Waals surface area contributed by atoms with Crippen molar-refractivity contribution in [2.24, 2.45) is 0 Å². The highest BCUT2D eigenvalue weighted by molar-refractivity contribution is 5.89. The Hall–Kier alpha value is -3.53. The zero-order chi connectivity index (χ0) is 22.0. The van der Waals surface area contributed by atoms with Gasteiger partial charge in [-0.1, -0.05) is 36.3 Å². The highest BCUT2D eigenvalue weighted by atomic mass is 16.6. The molecule has 10 heteroatoms. The number of aromatic nitrogens is 4. The van der Waals surface area contributed by atoms with Crippen molar-refractivity contribution in [3.63, 3.8) is 0 Å². The number of hydrogen-bond donors (Lipinski definition) is 2. The van der Waals surface area contributed by atoms with Crippen molar-refractivity contribution in [2.45, 2.75) is 45.4 Å². The molecule has 0 bridgehead atoms. The lowest BCUT2D eigenvalue weighted by atomic mass is 10.1. The van der Waals surface area contributed by atoms with Crippen LogP contribution in [0, 0.1) is 0 Å². The number of nitrogens with zero attached hydrogens (tertiary/aromatic N) is 5. The number of aryl methyl sites for hydroxylation is 1. The van der Waals surface area contributed by atoms with Gasteiger partial charge in [0.2, 0.25) is 17.7 Å². The van der Waals surface area contributed by atoms with E-state index in [1.54, 1.807) is 13.0 Å². The Kier molecular flexibility index (Phi) is 5.81. The number of carbonyl (C=O) groups is 1. The third-order valence-corrected chi connectivity index (χ3v) is 5.13. The summed E-state index contributed by atoms with van der Waals surface area (Å²) in [6.45, 7) is 5.65. The first kappa shape index (κ1) is 20.7. The normalized spacial score (nSPS) is 18.0. The number of benzene rings is 1. The second-order valence-electron chi connectivity index (χ2n) is 7.37. The highest BCUT2D eigenvalue weighted by Gasteiger charge is 2.38. The summed E-state index contributed by atoms with van der Waals surface area (Å²) >= 11 is 0. The Labute approximate surface area is 179 Å². The van der Waals surface area contributed by atoms with Crippen molar-refractivity contribution in [3.8, 4) is 11.4 Å². The summed E-state index contributed by atoms with van der Waals surface area (Å²) in [5.41, 5.74) is 2.11. The van der Waals surface area contributed by atoms with E-state index in [0.717, 1.165) is 12.0 Å². The maximum atomic E-state index is 12.1. The summed E-state index contributed by atoms with van der Waals surface area (Å²) in [5.74, 6) is 1.49. The van der Waals surface area contributed by atoms with Gasteiger partial charge in [0.15, 0.2) is 0 Å². The van der Waals surface area contributed by atoms with E-state index in [9.17, 15) is 9.90 Å². The molecule has 1 amide bonds. The molecule has 2 N–H and O–H groups in total. The summed E-state index contributed by atoms with van der Waals surface area (Å²) < 4.78 is 10.5. The molecule has 3 heterocycles. The first-order chi connectivity index (χ1) is 15.0. The second-order valence-corrected chi connectivity index (χ2v) is 7.37. The van der Waals surface area contributed by atoms with Crippen molar-refractivity contribution >= 4 is 17.9 Å². The van der Waals surface area contributed by atoms with Gasteiger partial charge < -0.3 is 19.7 Å². The number of aliphatic hydroxyl groups is 1. The van der Waals surface area contributed by atoms with Crippen LogP contribution in [0.5, 0.6) is 0 Å². The number of carbonyl (C=O) groups excluding carboxylic acids is 1. The lowest BCUT2D eigenvalue weighted by Gasteiger charge is -2.22. The second kappa shape index (κ2) is 8.68. The molecule has 0 radical (unpaired) electrons. The van der Waals surface area contributed by atoms with Gasteiger partial charge in [0.25, 0.3) is 0 Å². The molecule has 1 fully saturated rings. The Morgan fingerprint density at radius 3 is 2.71 bits per heavy atom. The molecule has 0 spiro atoms. The van der Waals surface area contributed by atoms with E-state index in [0.29, 0.717) is 17.5 Å². The molecule has 1 aromatic carbocycles. The van der Waals surface area contributed by atoms with Crippen LogP contribution in [0.15, 0.2) is 41.1 Å². The average molecular weight is 424 g/mol. The summed E-state index contributed by atoms with van der Waals surface area (Å²) in [6, 6.07) is 8.71. The fourth-order valence-electron chi connectivity index (χ4n) is 3.28. The van der Waals surface area contributed by atoms with Crippen molar-refractivity contribution in [1.29, 1.82) is 0 Å². The van der Waals surface area contributed by atoms with Gasteiger partial charge in [-0.05, 0) is 31.9 Å². The van der Waals surface area contributed by atoms with Crippen LogP contribution in [-0.4, -0.2) is 50.1 Å². The minimum Gasteiger partial charge on any atom is -0.447 e. The number of cyclic esters (lactones) is 1. The van der Waals surface area contributed by atoms with Crippen LogP contribution < -0.4 is 10.2 Å². The van der Waals surface area contributed by atoms with Crippen LogP contribution in [0.4, 0.5) is 16.6 Å².